The summed E-state index contributed by atoms with van der Waals surface area (Å²) in [6.45, 7) is 5.01. The van der Waals surface area contributed by atoms with Crippen molar-refractivity contribution in [3.8, 4) is 0 Å². The van der Waals surface area contributed by atoms with E-state index in [4.69, 9.17) is 4.74 Å². The summed E-state index contributed by atoms with van der Waals surface area (Å²) in [5.74, 6) is 0.0893. The zero-order chi connectivity index (χ0) is 19.2. The maximum atomic E-state index is 12.4. The number of ether oxygens (including phenoxy) is 1. The monoisotopic (exact) mass is 377 g/mol. The van der Waals surface area contributed by atoms with Crippen molar-refractivity contribution >= 4 is 16.8 Å². The molecule has 146 valence electrons. The largest absolute Gasteiger partial charge is 0.379 e. The molecule has 1 amide bonds. The molecule has 1 aliphatic heterocycles. The van der Waals surface area contributed by atoms with Crippen LogP contribution in [0.2, 0.25) is 0 Å². The van der Waals surface area contributed by atoms with Crippen LogP contribution in [-0.2, 0) is 29.0 Å². The van der Waals surface area contributed by atoms with Gasteiger partial charge in [0.25, 0.3) is 0 Å². The Kier molecular flexibility index (Phi) is 6.04. The van der Waals surface area contributed by atoms with Gasteiger partial charge in [0.1, 0.15) is 0 Å². The number of aryl methyl sites for hydroxylation is 1. The number of hydrogen-bond donors (Lipinski definition) is 2. The minimum absolute atomic E-state index is 0.0893. The number of carbonyl (C=O) groups excluding carboxylic acids is 1. The molecule has 1 aliphatic rings. The molecular weight excluding hydrogens is 350 g/mol. The number of rotatable bonds is 7. The molecule has 0 aliphatic carbocycles. The lowest BCUT2D eigenvalue weighted by molar-refractivity contribution is -0.121. The fraction of sp³-hybridized carbons (Fsp3) is 0.348. The standard InChI is InChI=1S/C23H27N3O2/c27-23(10-9-19-16-24-22-8-4-3-7-21(19)22)25-15-18-5-1-2-6-20(18)17-26-11-13-28-14-12-26/h1-8,16,24H,9-15,17H2,(H,25,27). The van der Waals surface area contributed by atoms with Gasteiger partial charge in [-0.3, -0.25) is 9.69 Å². The van der Waals surface area contributed by atoms with E-state index in [0.717, 1.165) is 44.8 Å². The lowest BCUT2D eigenvalue weighted by Crippen LogP contribution is -2.36. The Morgan fingerprint density at radius 1 is 1.00 bits per heavy atom. The first-order valence-electron chi connectivity index (χ1n) is 9.98. The van der Waals surface area contributed by atoms with E-state index < -0.39 is 0 Å². The molecule has 0 bridgehead atoms. The summed E-state index contributed by atoms with van der Waals surface area (Å²) in [6, 6.07) is 16.6. The van der Waals surface area contributed by atoms with E-state index in [1.54, 1.807) is 0 Å². The number of H-pyrrole nitrogens is 1. The fourth-order valence-corrected chi connectivity index (χ4v) is 3.75. The summed E-state index contributed by atoms with van der Waals surface area (Å²) < 4.78 is 5.43. The van der Waals surface area contributed by atoms with Crippen LogP contribution in [-0.4, -0.2) is 42.1 Å². The third-order valence-corrected chi connectivity index (χ3v) is 5.39. The van der Waals surface area contributed by atoms with Crippen LogP contribution in [0.15, 0.2) is 54.7 Å². The smallest absolute Gasteiger partial charge is 0.220 e. The molecule has 1 saturated heterocycles. The van der Waals surface area contributed by atoms with Gasteiger partial charge in [0, 0.05) is 49.7 Å². The first kappa shape index (κ1) is 18.7. The quantitative estimate of drug-likeness (QED) is 0.665. The minimum atomic E-state index is 0.0893. The Hall–Kier alpha value is -2.63. The lowest BCUT2D eigenvalue weighted by atomic mass is 10.1. The van der Waals surface area contributed by atoms with Gasteiger partial charge in [-0.15, -0.1) is 0 Å². The van der Waals surface area contributed by atoms with Crippen molar-refractivity contribution in [1.29, 1.82) is 0 Å². The molecule has 1 fully saturated rings. The molecule has 4 rings (SSSR count). The lowest BCUT2D eigenvalue weighted by Gasteiger charge is -2.27. The van der Waals surface area contributed by atoms with Gasteiger partial charge in [0.05, 0.1) is 13.2 Å². The number of para-hydroxylation sites is 1. The number of carbonyl (C=O) groups is 1. The Morgan fingerprint density at radius 3 is 2.61 bits per heavy atom. The second-order valence-corrected chi connectivity index (χ2v) is 7.29. The van der Waals surface area contributed by atoms with Crippen molar-refractivity contribution in [2.75, 3.05) is 26.3 Å². The van der Waals surface area contributed by atoms with Crippen molar-refractivity contribution in [3.05, 3.63) is 71.4 Å². The number of benzene rings is 2. The van der Waals surface area contributed by atoms with Gasteiger partial charge in [-0.1, -0.05) is 42.5 Å². The molecular formula is C23H27N3O2. The SMILES string of the molecule is O=C(CCc1c[nH]c2ccccc12)NCc1ccccc1CN1CCOCC1. The second-order valence-electron chi connectivity index (χ2n) is 7.29. The normalized spacial score (nSPS) is 15.0. The van der Waals surface area contributed by atoms with Crippen LogP contribution in [0.4, 0.5) is 0 Å². The van der Waals surface area contributed by atoms with E-state index in [1.807, 2.05) is 24.4 Å². The zero-order valence-corrected chi connectivity index (χ0v) is 16.1. The Morgan fingerprint density at radius 2 is 1.75 bits per heavy atom. The van der Waals surface area contributed by atoms with Crippen LogP contribution >= 0.6 is 0 Å². The molecule has 0 spiro atoms. The Labute approximate surface area is 165 Å². The highest BCUT2D eigenvalue weighted by molar-refractivity contribution is 5.84. The summed E-state index contributed by atoms with van der Waals surface area (Å²) in [5, 5.41) is 4.29. The molecule has 0 saturated carbocycles. The molecule has 0 unspecified atom stereocenters. The molecule has 5 nitrogen and oxygen atoms in total. The summed E-state index contributed by atoms with van der Waals surface area (Å²) in [7, 11) is 0. The molecule has 5 heteroatoms. The highest BCUT2D eigenvalue weighted by Crippen LogP contribution is 2.19. The maximum Gasteiger partial charge on any atom is 0.220 e. The van der Waals surface area contributed by atoms with E-state index in [-0.39, 0.29) is 5.91 Å². The summed E-state index contributed by atoms with van der Waals surface area (Å²) in [4.78, 5) is 18.1. The van der Waals surface area contributed by atoms with Gasteiger partial charge in [0.2, 0.25) is 5.91 Å². The van der Waals surface area contributed by atoms with Gasteiger partial charge >= 0.3 is 0 Å². The van der Waals surface area contributed by atoms with Crippen molar-refractivity contribution in [2.24, 2.45) is 0 Å². The molecule has 3 aromatic rings. The van der Waals surface area contributed by atoms with Gasteiger partial charge < -0.3 is 15.0 Å². The van der Waals surface area contributed by atoms with Gasteiger partial charge in [-0.2, -0.15) is 0 Å². The molecule has 28 heavy (non-hydrogen) atoms. The number of morpholine rings is 1. The summed E-state index contributed by atoms with van der Waals surface area (Å²) in [5.41, 5.74) is 4.78. The topological polar surface area (TPSA) is 57.4 Å². The van der Waals surface area contributed by atoms with E-state index in [0.29, 0.717) is 13.0 Å². The van der Waals surface area contributed by atoms with Crippen molar-refractivity contribution < 1.29 is 9.53 Å². The number of amides is 1. The number of aromatic nitrogens is 1. The Bertz CT molecular complexity index is 928. The predicted octanol–water partition coefficient (Wildman–Crippen LogP) is 3.25. The van der Waals surface area contributed by atoms with Gasteiger partial charge in [0.15, 0.2) is 0 Å². The van der Waals surface area contributed by atoms with Crippen LogP contribution in [0.5, 0.6) is 0 Å². The molecule has 2 aromatic carbocycles. The second kappa shape index (κ2) is 9.04. The molecule has 0 radical (unpaired) electrons. The predicted molar refractivity (Wildman–Crippen MR) is 111 cm³/mol. The van der Waals surface area contributed by atoms with Crippen molar-refractivity contribution in [3.63, 3.8) is 0 Å². The average molecular weight is 377 g/mol. The molecule has 2 N–H and O–H groups in total. The number of aromatic amines is 1. The number of hydrogen-bond acceptors (Lipinski definition) is 3. The first-order valence-corrected chi connectivity index (χ1v) is 9.98. The van der Waals surface area contributed by atoms with E-state index in [9.17, 15) is 4.79 Å². The van der Waals surface area contributed by atoms with Crippen LogP contribution in [0.1, 0.15) is 23.1 Å². The molecule has 2 heterocycles. The van der Waals surface area contributed by atoms with Gasteiger partial charge in [-0.25, -0.2) is 0 Å². The van der Waals surface area contributed by atoms with Crippen LogP contribution in [0, 0.1) is 0 Å². The van der Waals surface area contributed by atoms with Crippen LogP contribution in [0.25, 0.3) is 10.9 Å². The fourth-order valence-electron chi connectivity index (χ4n) is 3.75. The van der Waals surface area contributed by atoms with Crippen LogP contribution in [0.3, 0.4) is 0 Å². The average Bonchev–Trinajstić information content (AvgIpc) is 3.15. The van der Waals surface area contributed by atoms with Crippen molar-refractivity contribution in [1.82, 2.24) is 15.2 Å². The summed E-state index contributed by atoms with van der Waals surface area (Å²) >= 11 is 0. The third-order valence-electron chi connectivity index (χ3n) is 5.39. The maximum absolute atomic E-state index is 12.4. The highest BCUT2D eigenvalue weighted by atomic mass is 16.5. The highest BCUT2D eigenvalue weighted by Gasteiger charge is 2.13. The number of nitrogens with one attached hydrogen (secondary N) is 2. The number of nitrogens with zero attached hydrogens (tertiary/aromatic N) is 1. The molecule has 1 aromatic heterocycles. The minimum Gasteiger partial charge on any atom is -0.379 e. The van der Waals surface area contributed by atoms with E-state index in [1.165, 1.54) is 22.1 Å². The van der Waals surface area contributed by atoms with Crippen LogP contribution < -0.4 is 5.32 Å². The zero-order valence-electron chi connectivity index (χ0n) is 16.1. The van der Waals surface area contributed by atoms with Gasteiger partial charge in [-0.05, 0) is 29.2 Å². The van der Waals surface area contributed by atoms with E-state index >= 15 is 0 Å². The number of fused-ring (bicyclic) bond motifs is 1. The van der Waals surface area contributed by atoms with Crippen molar-refractivity contribution in [2.45, 2.75) is 25.9 Å². The molecule has 0 atom stereocenters. The first-order chi connectivity index (χ1) is 13.8. The third kappa shape index (κ3) is 4.61. The van der Waals surface area contributed by atoms with E-state index in [2.05, 4.69) is 45.5 Å². The Balaban J connectivity index is 1.31. The summed E-state index contributed by atoms with van der Waals surface area (Å²) in [6.07, 6.45) is 3.24.